The normalized spacial score (nSPS) is 18.8. The van der Waals surface area contributed by atoms with Crippen molar-refractivity contribution in [3.63, 3.8) is 0 Å². The third-order valence-electron chi connectivity index (χ3n) is 12.9. The van der Waals surface area contributed by atoms with Gasteiger partial charge in [0.05, 0.1) is 6.61 Å². The van der Waals surface area contributed by atoms with Gasteiger partial charge in [-0.3, -0.25) is 14.4 Å². The largest absolute Gasteiger partial charge is 0.479 e. The summed E-state index contributed by atoms with van der Waals surface area (Å²) in [6, 6.07) is 0. The first-order chi connectivity index (χ1) is 34.6. The van der Waals surface area contributed by atoms with Crippen LogP contribution >= 0.6 is 0 Å². The second-order valence-corrected chi connectivity index (χ2v) is 19.6. The number of carboxylic acids is 1. The van der Waals surface area contributed by atoms with Gasteiger partial charge in [-0.05, 0) is 77.0 Å². The van der Waals surface area contributed by atoms with E-state index in [0.717, 1.165) is 109 Å². The molecule has 0 aliphatic carbocycles. The van der Waals surface area contributed by atoms with Crippen LogP contribution in [0.2, 0.25) is 0 Å². The van der Waals surface area contributed by atoms with E-state index in [1.807, 2.05) is 0 Å². The van der Waals surface area contributed by atoms with Crippen LogP contribution in [0.5, 0.6) is 0 Å². The second kappa shape index (κ2) is 47.7. The fraction of sp³-hybridized carbons (Fsp3) is 0.797. The van der Waals surface area contributed by atoms with E-state index in [9.17, 15) is 34.5 Å². The van der Waals surface area contributed by atoms with Crippen molar-refractivity contribution < 1.29 is 58.2 Å². The van der Waals surface area contributed by atoms with E-state index < -0.39 is 67.3 Å². The lowest BCUT2D eigenvalue weighted by molar-refractivity contribution is -0.301. The highest BCUT2D eigenvalue weighted by Gasteiger charge is 2.50. The summed E-state index contributed by atoms with van der Waals surface area (Å²) in [5.41, 5.74) is 0. The van der Waals surface area contributed by atoms with Crippen molar-refractivity contribution in [2.75, 3.05) is 13.2 Å². The first-order valence-corrected chi connectivity index (χ1v) is 28.6. The molecule has 0 saturated carbocycles. The summed E-state index contributed by atoms with van der Waals surface area (Å²) in [5.74, 6) is -3.14. The molecule has 1 rings (SSSR count). The molecule has 410 valence electrons. The number of hydrogen-bond acceptors (Lipinski definition) is 11. The SMILES string of the molecule is CCCC/C=C\CCCCCCCC(=O)OCC(COC1OC(C(=O)O)C(O)C(O)C1OC(=O)CCCCCCCC/C=C\C/C=C\C/C=C\CCCCC)OC(=O)CCCCCCCCCCCCC. The summed E-state index contributed by atoms with van der Waals surface area (Å²) in [5, 5.41) is 31.4. The number of carboxylic acid groups (broad SMARTS) is 1. The minimum absolute atomic E-state index is 0.0466. The molecular weight excluding hydrogens is 901 g/mol. The zero-order valence-electron chi connectivity index (χ0n) is 45.0. The Morgan fingerprint density at radius 2 is 0.859 bits per heavy atom. The zero-order valence-corrected chi connectivity index (χ0v) is 45.0. The second-order valence-electron chi connectivity index (χ2n) is 19.6. The average molecular weight is 1000 g/mol. The van der Waals surface area contributed by atoms with Crippen molar-refractivity contribution >= 4 is 23.9 Å². The molecule has 1 heterocycles. The minimum atomic E-state index is -1.91. The highest BCUT2D eigenvalue weighted by atomic mass is 16.7. The number of aliphatic hydroxyl groups is 2. The summed E-state index contributed by atoms with van der Waals surface area (Å²) in [6.45, 7) is 5.90. The fourth-order valence-electron chi connectivity index (χ4n) is 8.41. The number of ether oxygens (including phenoxy) is 5. The minimum Gasteiger partial charge on any atom is -0.479 e. The van der Waals surface area contributed by atoms with Crippen LogP contribution in [0, 0.1) is 0 Å². The summed E-state index contributed by atoms with van der Waals surface area (Å²) < 4.78 is 28.3. The number of rotatable bonds is 48. The first-order valence-electron chi connectivity index (χ1n) is 28.6. The molecule has 1 saturated heterocycles. The predicted octanol–water partition coefficient (Wildman–Crippen LogP) is 14.2. The Kier molecular flexibility index (Phi) is 44.1. The van der Waals surface area contributed by atoms with Crippen LogP contribution in [-0.4, -0.2) is 89.2 Å². The molecule has 0 amide bonds. The Labute approximate surface area is 431 Å². The van der Waals surface area contributed by atoms with Gasteiger partial charge >= 0.3 is 23.9 Å². The fourth-order valence-corrected chi connectivity index (χ4v) is 8.41. The topological polar surface area (TPSA) is 175 Å². The predicted molar refractivity (Wildman–Crippen MR) is 285 cm³/mol. The van der Waals surface area contributed by atoms with Crippen molar-refractivity contribution in [1.29, 1.82) is 0 Å². The van der Waals surface area contributed by atoms with Gasteiger partial charge in [0.25, 0.3) is 0 Å². The standard InChI is InChI=1S/C59H102O12/c1-4-7-10-13-16-19-22-23-24-25-26-27-28-29-32-35-38-41-44-47-53(62)70-57-55(64)54(63)56(58(65)66)71-59(57)68-49-50(69-52(61)46-43-40-37-34-31-21-18-15-12-9-6-3)48-67-51(60)45-42-39-36-33-30-20-17-14-11-8-5-2/h14,16-17,19,23-24,26-27,50,54-57,59,63-64H,4-13,15,18,20-22,25,28-49H2,1-3H3,(H,65,66)/b17-14-,19-16-,24-23-,27-26-. The Morgan fingerprint density at radius 1 is 0.465 bits per heavy atom. The molecule has 3 N–H and O–H groups in total. The molecule has 0 aromatic carbocycles. The maximum atomic E-state index is 13.1. The molecule has 0 bridgehead atoms. The van der Waals surface area contributed by atoms with E-state index in [2.05, 4.69) is 69.4 Å². The Balaban J connectivity index is 2.67. The van der Waals surface area contributed by atoms with Crippen molar-refractivity contribution in [1.82, 2.24) is 0 Å². The van der Waals surface area contributed by atoms with Gasteiger partial charge in [0.15, 0.2) is 24.6 Å². The molecule has 12 heteroatoms. The average Bonchev–Trinajstić information content (AvgIpc) is 3.35. The van der Waals surface area contributed by atoms with Gasteiger partial charge in [-0.2, -0.15) is 0 Å². The lowest BCUT2D eigenvalue weighted by Gasteiger charge is -2.40. The van der Waals surface area contributed by atoms with Crippen LogP contribution in [0.3, 0.4) is 0 Å². The maximum absolute atomic E-state index is 13.1. The van der Waals surface area contributed by atoms with Crippen molar-refractivity contribution in [2.24, 2.45) is 0 Å². The molecule has 12 nitrogen and oxygen atoms in total. The van der Waals surface area contributed by atoms with Crippen molar-refractivity contribution in [2.45, 2.75) is 289 Å². The van der Waals surface area contributed by atoms with Crippen LogP contribution in [0.4, 0.5) is 0 Å². The monoisotopic (exact) mass is 1000 g/mol. The van der Waals surface area contributed by atoms with Crippen LogP contribution in [0.1, 0.15) is 252 Å². The number of allylic oxidation sites excluding steroid dienone is 8. The molecule has 6 unspecified atom stereocenters. The molecule has 0 aromatic heterocycles. The number of aliphatic carboxylic acids is 1. The van der Waals surface area contributed by atoms with Crippen LogP contribution in [0.25, 0.3) is 0 Å². The Morgan fingerprint density at radius 3 is 1.37 bits per heavy atom. The summed E-state index contributed by atoms with van der Waals surface area (Å²) in [7, 11) is 0. The van der Waals surface area contributed by atoms with E-state index in [1.54, 1.807) is 0 Å². The van der Waals surface area contributed by atoms with Gasteiger partial charge in [0.1, 0.15) is 18.8 Å². The highest BCUT2D eigenvalue weighted by Crippen LogP contribution is 2.26. The van der Waals surface area contributed by atoms with E-state index >= 15 is 0 Å². The molecule has 0 radical (unpaired) electrons. The third-order valence-corrected chi connectivity index (χ3v) is 12.9. The Hall–Kier alpha value is -3.32. The molecule has 6 atom stereocenters. The van der Waals surface area contributed by atoms with Gasteiger partial charge in [0.2, 0.25) is 0 Å². The van der Waals surface area contributed by atoms with E-state index in [0.29, 0.717) is 19.3 Å². The smallest absolute Gasteiger partial charge is 0.335 e. The zero-order chi connectivity index (χ0) is 51.8. The number of hydrogen-bond donors (Lipinski definition) is 3. The molecule has 1 aliphatic heterocycles. The van der Waals surface area contributed by atoms with Gasteiger partial charge in [0, 0.05) is 19.3 Å². The number of unbranched alkanes of at least 4 members (excludes halogenated alkanes) is 26. The van der Waals surface area contributed by atoms with Crippen LogP contribution in [-0.2, 0) is 42.9 Å². The summed E-state index contributed by atoms with van der Waals surface area (Å²) >= 11 is 0. The van der Waals surface area contributed by atoms with E-state index in [1.165, 1.54) is 83.5 Å². The third kappa shape index (κ3) is 38.0. The maximum Gasteiger partial charge on any atom is 0.335 e. The van der Waals surface area contributed by atoms with E-state index in [-0.39, 0.29) is 25.9 Å². The molecule has 0 aromatic rings. The molecule has 71 heavy (non-hydrogen) atoms. The van der Waals surface area contributed by atoms with Crippen LogP contribution in [0.15, 0.2) is 48.6 Å². The number of esters is 3. The summed E-state index contributed by atoms with van der Waals surface area (Å²) in [6.07, 6.45) is 43.7. The lowest BCUT2D eigenvalue weighted by atomic mass is 9.98. The van der Waals surface area contributed by atoms with Crippen molar-refractivity contribution in [3.05, 3.63) is 48.6 Å². The number of aliphatic hydroxyl groups excluding tert-OH is 2. The molecular formula is C59H102O12. The number of carbonyl (C=O) groups excluding carboxylic acids is 3. The van der Waals surface area contributed by atoms with Gasteiger partial charge in [-0.25, -0.2) is 4.79 Å². The molecule has 0 spiro atoms. The quantitative estimate of drug-likeness (QED) is 0.0228. The lowest BCUT2D eigenvalue weighted by Crippen LogP contribution is -2.61. The van der Waals surface area contributed by atoms with E-state index in [4.69, 9.17) is 23.7 Å². The Bertz CT molecular complexity index is 1420. The van der Waals surface area contributed by atoms with Crippen molar-refractivity contribution in [3.8, 4) is 0 Å². The molecule has 1 aliphatic rings. The highest BCUT2D eigenvalue weighted by molar-refractivity contribution is 5.74. The van der Waals surface area contributed by atoms with Gasteiger partial charge < -0.3 is 39.0 Å². The van der Waals surface area contributed by atoms with Gasteiger partial charge in [-0.15, -0.1) is 0 Å². The molecule has 1 fully saturated rings. The van der Waals surface area contributed by atoms with Crippen LogP contribution < -0.4 is 0 Å². The first kappa shape index (κ1) is 65.7. The number of carbonyl (C=O) groups is 4. The summed E-state index contributed by atoms with van der Waals surface area (Å²) in [4.78, 5) is 50.9. The van der Waals surface area contributed by atoms with Gasteiger partial charge in [-0.1, -0.05) is 204 Å².